The van der Waals surface area contributed by atoms with Crippen LogP contribution in [0.2, 0.25) is 0 Å². The van der Waals surface area contributed by atoms with Crippen LogP contribution >= 0.6 is 0 Å². The molecular weight excluding hydrogens is 408 g/mol. The van der Waals surface area contributed by atoms with Crippen molar-refractivity contribution in [3.05, 3.63) is 0 Å². The van der Waals surface area contributed by atoms with Crippen LogP contribution in [0.3, 0.4) is 0 Å². The molecule has 0 radical (unpaired) electrons. The van der Waals surface area contributed by atoms with Gasteiger partial charge in [-0.2, -0.15) is 0 Å². The summed E-state index contributed by atoms with van der Waals surface area (Å²) in [7, 11) is 0. The Labute approximate surface area is 202 Å². The average Bonchev–Trinajstić information content (AvgIpc) is 3.45. The second-order valence-electron chi connectivity index (χ2n) is 13.8. The summed E-state index contributed by atoms with van der Waals surface area (Å²) in [6.45, 7) is 13.3. The van der Waals surface area contributed by atoms with Crippen molar-refractivity contribution in [3.63, 3.8) is 0 Å². The minimum Gasteiger partial charge on any atom is -0.459 e. The Hall–Kier alpha value is -0.860. The Morgan fingerprint density at radius 2 is 1.73 bits per heavy atom. The number of rotatable bonds is 6. The summed E-state index contributed by atoms with van der Waals surface area (Å²) in [4.78, 5) is 23.5. The normalized spacial score (nSPS) is 50.9. The Kier molecular flexibility index (Phi) is 5.85. The maximum absolute atomic E-state index is 11.9. The minimum absolute atomic E-state index is 0.0989. The molecule has 3 heteroatoms. The molecule has 0 spiro atoms. The summed E-state index contributed by atoms with van der Waals surface area (Å²) in [6, 6.07) is 0. The molecule has 33 heavy (non-hydrogen) atoms. The van der Waals surface area contributed by atoms with Gasteiger partial charge in [0.2, 0.25) is 0 Å². The van der Waals surface area contributed by atoms with E-state index in [1.165, 1.54) is 38.5 Å². The number of esters is 1. The van der Waals surface area contributed by atoms with Crippen LogP contribution in [0.4, 0.5) is 0 Å². The van der Waals surface area contributed by atoms with Gasteiger partial charge in [-0.15, -0.1) is 0 Å². The maximum atomic E-state index is 11.9. The van der Waals surface area contributed by atoms with E-state index in [1.54, 1.807) is 13.8 Å². The Morgan fingerprint density at radius 3 is 2.39 bits per heavy atom. The predicted octanol–water partition coefficient (Wildman–Crippen LogP) is 7.22. The Morgan fingerprint density at radius 1 is 0.970 bits per heavy atom. The highest BCUT2D eigenvalue weighted by atomic mass is 16.6. The van der Waals surface area contributed by atoms with Crippen molar-refractivity contribution >= 4 is 11.8 Å². The van der Waals surface area contributed by atoms with Gasteiger partial charge in [-0.05, 0) is 129 Å². The van der Waals surface area contributed by atoms with Crippen LogP contribution in [0.5, 0.6) is 0 Å². The third-order valence-electron chi connectivity index (χ3n) is 12.2. The quantitative estimate of drug-likeness (QED) is 0.396. The first-order valence-corrected chi connectivity index (χ1v) is 14.2. The van der Waals surface area contributed by atoms with E-state index in [4.69, 9.17) is 4.74 Å². The fraction of sp³-hybridized carbons (Fsp3) is 0.933. The molecule has 0 bridgehead atoms. The Bertz CT molecular complexity index is 804. The maximum Gasteiger partial charge on any atom is 0.303 e. The molecular formula is C30H48O3. The zero-order chi connectivity index (χ0) is 23.8. The lowest BCUT2D eigenvalue weighted by Crippen LogP contribution is -2.57. The van der Waals surface area contributed by atoms with Crippen LogP contribution in [0, 0.1) is 58.2 Å². The number of fused-ring (bicyclic) bond motifs is 7. The fourth-order valence-corrected chi connectivity index (χ4v) is 10.8. The summed E-state index contributed by atoms with van der Waals surface area (Å²) in [5.74, 6) is 7.06. The van der Waals surface area contributed by atoms with Crippen molar-refractivity contribution in [2.24, 2.45) is 58.2 Å². The molecule has 0 aromatic rings. The van der Waals surface area contributed by atoms with Crippen LogP contribution in [-0.2, 0) is 14.3 Å². The summed E-state index contributed by atoms with van der Waals surface area (Å²) < 4.78 is 5.98. The third-order valence-corrected chi connectivity index (χ3v) is 12.2. The molecule has 5 rings (SSSR count). The summed E-state index contributed by atoms with van der Waals surface area (Å²) in [6.07, 6.45) is 13.2. The molecule has 3 nitrogen and oxygen atoms in total. The van der Waals surface area contributed by atoms with Gasteiger partial charge in [-0.25, -0.2) is 0 Å². The molecule has 5 aliphatic carbocycles. The summed E-state index contributed by atoms with van der Waals surface area (Å²) in [5.41, 5.74) is 0.706. The largest absolute Gasteiger partial charge is 0.459 e. The zero-order valence-corrected chi connectivity index (χ0v) is 22.1. The highest BCUT2D eigenvalue weighted by Crippen LogP contribution is 2.77. The molecule has 0 saturated heterocycles. The van der Waals surface area contributed by atoms with Gasteiger partial charge in [-0.1, -0.05) is 27.7 Å². The minimum atomic E-state index is -0.210. The standard InChI is InChI=1S/C30H48O3/c1-7-30(33-20(4)32)15-14-28(5)21(17-30)10-11-22-25(28)12-13-29(6)26(18(2)8-9-19(3)31)23-16-24(23)27(22)29/h18,21-27H,7-17H2,1-6H3/t18-,21+,22-,23+,24-,25+,26+,27-,28+,29-,30+/m1/s1. The van der Waals surface area contributed by atoms with Gasteiger partial charge < -0.3 is 9.53 Å². The van der Waals surface area contributed by atoms with Crippen LogP contribution in [0.25, 0.3) is 0 Å². The molecule has 5 fully saturated rings. The molecule has 5 aliphatic rings. The monoisotopic (exact) mass is 456 g/mol. The van der Waals surface area contributed by atoms with Crippen molar-refractivity contribution < 1.29 is 14.3 Å². The molecule has 5 saturated carbocycles. The van der Waals surface area contributed by atoms with E-state index in [1.807, 2.05) is 0 Å². The van der Waals surface area contributed by atoms with Crippen LogP contribution in [-0.4, -0.2) is 17.4 Å². The van der Waals surface area contributed by atoms with Gasteiger partial charge in [0.25, 0.3) is 0 Å². The highest BCUT2D eigenvalue weighted by Gasteiger charge is 2.71. The van der Waals surface area contributed by atoms with Crippen molar-refractivity contribution in [1.29, 1.82) is 0 Å². The number of carbonyl (C=O) groups excluding carboxylic acids is 2. The lowest BCUT2D eigenvalue weighted by molar-refractivity contribution is -0.185. The SMILES string of the molecule is CC[C@]1(OC(C)=O)CC[C@@]2(C)[C@@H](CC[C@H]3[C@@H]4[C@@H]5C[C@@H]5[C@H]([C@H](C)CCC(C)=O)[C@@]4(C)CC[C@@H]32)C1. The molecule has 0 aromatic carbocycles. The molecule has 0 aromatic heterocycles. The highest BCUT2D eigenvalue weighted by molar-refractivity contribution is 5.75. The van der Waals surface area contributed by atoms with Gasteiger partial charge >= 0.3 is 5.97 Å². The van der Waals surface area contributed by atoms with Gasteiger partial charge in [-0.3, -0.25) is 4.79 Å². The number of Topliss-reactive ketones (excluding diaryl/α,β-unsaturated/α-hetero) is 1. The number of ether oxygens (including phenoxy) is 1. The van der Waals surface area contributed by atoms with E-state index in [0.717, 1.165) is 67.6 Å². The summed E-state index contributed by atoms with van der Waals surface area (Å²) in [5, 5.41) is 0. The van der Waals surface area contributed by atoms with Gasteiger partial charge in [0.1, 0.15) is 11.4 Å². The lowest BCUT2D eigenvalue weighted by atomic mass is 9.42. The lowest BCUT2D eigenvalue weighted by Gasteiger charge is -2.63. The first kappa shape index (κ1) is 23.9. The van der Waals surface area contributed by atoms with E-state index in [-0.39, 0.29) is 11.6 Å². The summed E-state index contributed by atoms with van der Waals surface area (Å²) >= 11 is 0. The molecule has 0 unspecified atom stereocenters. The molecule has 11 atom stereocenters. The topological polar surface area (TPSA) is 43.4 Å². The third kappa shape index (κ3) is 3.65. The first-order valence-electron chi connectivity index (χ1n) is 14.2. The predicted molar refractivity (Wildman–Crippen MR) is 131 cm³/mol. The second kappa shape index (κ2) is 8.09. The molecule has 0 amide bonds. The number of ketones is 1. The molecule has 0 aliphatic heterocycles. The van der Waals surface area contributed by atoms with Gasteiger partial charge in [0.15, 0.2) is 0 Å². The van der Waals surface area contributed by atoms with E-state index in [9.17, 15) is 9.59 Å². The zero-order valence-electron chi connectivity index (χ0n) is 22.1. The van der Waals surface area contributed by atoms with Crippen molar-refractivity contribution in [1.82, 2.24) is 0 Å². The van der Waals surface area contributed by atoms with Crippen molar-refractivity contribution in [2.75, 3.05) is 0 Å². The first-order chi connectivity index (χ1) is 15.5. The van der Waals surface area contributed by atoms with E-state index in [2.05, 4.69) is 27.7 Å². The van der Waals surface area contributed by atoms with Crippen LogP contribution in [0.1, 0.15) is 112 Å². The average molecular weight is 457 g/mol. The van der Waals surface area contributed by atoms with Crippen molar-refractivity contribution in [3.8, 4) is 0 Å². The number of hydrogen-bond acceptors (Lipinski definition) is 3. The number of carbonyl (C=O) groups is 2. The van der Waals surface area contributed by atoms with Crippen LogP contribution in [0.15, 0.2) is 0 Å². The molecule has 0 heterocycles. The molecule has 0 N–H and O–H groups in total. The Balaban J connectivity index is 1.35. The van der Waals surface area contributed by atoms with Crippen molar-refractivity contribution in [2.45, 2.75) is 118 Å². The molecule has 186 valence electrons. The van der Waals surface area contributed by atoms with Gasteiger partial charge in [0.05, 0.1) is 0 Å². The van der Waals surface area contributed by atoms with Crippen LogP contribution < -0.4 is 0 Å². The fourth-order valence-electron chi connectivity index (χ4n) is 10.8. The van der Waals surface area contributed by atoms with E-state index >= 15 is 0 Å². The van der Waals surface area contributed by atoms with E-state index in [0.29, 0.717) is 28.4 Å². The van der Waals surface area contributed by atoms with Gasteiger partial charge in [0, 0.05) is 13.3 Å². The smallest absolute Gasteiger partial charge is 0.303 e. The number of hydrogen-bond donors (Lipinski definition) is 0. The van der Waals surface area contributed by atoms with E-state index < -0.39 is 0 Å². The second-order valence-corrected chi connectivity index (χ2v) is 13.8.